The van der Waals surface area contributed by atoms with Crippen molar-refractivity contribution in [2.24, 2.45) is 10.9 Å². The van der Waals surface area contributed by atoms with Crippen molar-refractivity contribution in [3.05, 3.63) is 94.7 Å². The first kappa shape index (κ1) is 33.7. The summed E-state index contributed by atoms with van der Waals surface area (Å²) in [5.41, 5.74) is 10.9. The maximum atomic E-state index is 13.7. The van der Waals surface area contributed by atoms with Gasteiger partial charge in [-0.3, -0.25) is 30.2 Å². The highest BCUT2D eigenvalue weighted by Crippen LogP contribution is 2.26. The Morgan fingerprint density at radius 2 is 1.83 bits per heavy atom. The van der Waals surface area contributed by atoms with E-state index in [4.69, 9.17) is 21.8 Å². The van der Waals surface area contributed by atoms with Crippen LogP contribution in [-0.4, -0.2) is 90.8 Å². The Labute approximate surface area is 280 Å². The molecule has 2 amide bonds. The van der Waals surface area contributed by atoms with Gasteiger partial charge in [-0.15, -0.1) is 0 Å². The third kappa shape index (κ3) is 7.65. The average molecular weight is 645 g/mol. The highest BCUT2D eigenvalue weighted by molar-refractivity contribution is 6.13. The number of nitrogens with zero attached hydrogens (tertiary/aromatic N) is 6. The van der Waals surface area contributed by atoms with E-state index in [0.717, 1.165) is 17.5 Å². The van der Waals surface area contributed by atoms with Gasteiger partial charge in [-0.2, -0.15) is 5.26 Å². The highest BCUT2D eigenvalue weighted by Gasteiger charge is 2.34. The standard InChI is InChI=1S/C36H40N10O2/c1-3-46(31-13-12-30(38)34(43-31)33(39)27-6-4-24(20-37)5-7-27)36(48)29-14-17-44(21-29)22-32(47)45-18-15-26(16-19-45)25-8-10-28(11-9-25)35(40)42-23-41-2/h4-13,15,23,29,39H,3,14,16-19,21-22,38H2,1-2H3,(H2,40,41,42)/t29-/m1/s1. The monoisotopic (exact) mass is 644 g/mol. The number of rotatable bonds is 10. The Hall–Kier alpha value is -5.67. The van der Waals surface area contributed by atoms with Gasteiger partial charge in [0.15, 0.2) is 5.84 Å². The molecule has 2 aliphatic rings. The highest BCUT2D eigenvalue weighted by atomic mass is 16.2. The minimum Gasteiger partial charge on any atom is -0.397 e. The molecule has 5 N–H and O–H groups in total. The number of carbonyl (C=O) groups is 2. The third-order valence-corrected chi connectivity index (χ3v) is 8.70. The van der Waals surface area contributed by atoms with Crippen molar-refractivity contribution in [1.29, 1.82) is 16.1 Å². The van der Waals surface area contributed by atoms with Crippen LogP contribution in [0.3, 0.4) is 0 Å². The summed E-state index contributed by atoms with van der Waals surface area (Å²) in [5, 5.41) is 28.6. The molecule has 2 aromatic carbocycles. The van der Waals surface area contributed by atoms with Crippen LogP contribution in [0.25, 0.3) is 5.57 Å². The number of nitrogen functional groups attached to an aromatic ring is 1. The minimum atomic E-state index is -0.278. The fourth-order valence-corrected chi connectivity index (χ4v) is 5.98. The lowest BCUT2D eigenvalue weighted by atomic mass is 9.98. The van der Waals surface area contributed by atoms with Gasteiger partial charge in [0.25, 0.3) is 0 Å². The predicted octanol–water partition coefficient (Wildman–Crippen LogP) is 3.52. The van der Waals surface area contributed by atoms with E-state index in [1.54, 1.807) is 48.3 Å². The molecule has 48 heavy (non-hydrogen) atoms. The van der Waals surface area contributed by atoms with Crippen molar-refractivity contribution < 1.29 is 9.59 Å². The molecule has 0 radical (unpaired) electrons. The number of aliphatic imine (C=N–C) groups is 1. The molecular formula is C36H40N10O2. The maximum Gasteiger partial charge on any atom is 0.237 e. The maximum absolute atomic E-state index is 13.7. The lowest BCUT2D eigenvalue weighted by Gasteiger charge is -2.29. The van der Waals surface area contributed by atoms with Gasteiger partial charge in [0, 0.05) is 44.4 Å². The molecule has 1 saturated heterocycles. The second-order valence-corrected chi connectivity index (χ2v) is 11.8. The quantitative estimate of drug-likeness (QED) is 0.193. The molecule has 3 heterocycles. The van der Waals surface area contributed by atoms with Crippen LogP contribution in [0.15, 0.2) is 71.7 Å². The molecule has 3 aromatic rings. The fraction of sp³-hybridized carbons (Fsp3) is 0.306. The largest absolute Gasteiger partial charge is 0.397 e. The van der Waals surface area contributed by atoms with Gasteiger partial charge in [0.1, 0.15) is 11.5 Å². The lowest BCUT2D eigenvalue weighted by molar-refractivity contribution is -0.132. The minimum absolute atomic E-state index is 0.0445. The molecular weight excluding hydrogens is 604 g/mol. The van der Waals surface area contributed by atoms with Crippen molar-refractivity contribution in [3.8, 4) is 6.07 Å². The predicted molar refractivity (Wildman–Crippen MR) is 188 cm³/mol. The average Bonchev–Trinajstić information content (AvgIpc) is 3.59. The van der Waals surface area contributed by atoms with Crippen LogP contribution < -0.4 is 16.0 Å². The van der Waals surface area contributed by atoms with Gasteiger partial charge in [0.05, 0.1) is 41.8 Å². The molecule has 1 atom stereocenters. The van der Waals surface area contributed by atoms with E-state index < -0.39 is 0 Å². The summed E-state index contributed by atoms with van der Waals surface area (Å²) in [7, 11) is 1.74. The Morgan fingerprint density at radius 3 is 2.48 bits per heavy atom. The van der Waals surface area contributed by atoms with Gasteiger partial charge >= 0.3 is 0 Å². The van der Waals surface area contributed by atoms with Crippen molar-refractivity contribution in [2.75, 3.05) is 56.9 Å². The summed E-state index contributed by atoms with van der Waals surface area (Å²) in [6.45, 7) is 4.82. The summed E-state index contributed by atoms with van der Waals surface area (Å²) in [5.74, 6) is 0.307. The van der Waals surface area contributed by atoms with Crippen LogP contribution in [0.1, 0.15) is 47.7 Å². The summed E-state index contributed by atoms with van der Waals surface area (Å²) >= 11 is 0. The number of nitriles is 1. The molecule has 1 aromatic heterocycles. The first-order valence-electron chi connectivity index (χ1n) is 16.0. The lowest BCUT2D eigenvalue weighted by Crippen LogP contribution is -2.42. The number of amidine groups is 1. The topological polar surface area (TPSA) is 179 Å². The van der Waals surface area contributed by atoms with Gasteiger partial charge in [0.2, 0.25) is 11.8 Å². The van der Waals surface area contributed by atoms with E-state index in [1.807, 2.05) is 41.0 Å². The van der Waals surface area contributed by atoms with E-state index in [1.165, 1.54) is 11.9 Å². The van der Waals surface area contributed by atoms with Gasteiger partial charge in [-0.05, 0) is 61.7 Å². The van der Waals surface area contributed by atoms with E-state index in [9.17, 15) is 9.59 Å². The number of aromatic nitrogens is 1. The van der Waals surface area contributed by atoms with Crippen LogP contribution in [0.5, 0.6) is 0 Å². The molecule has 0 spiro atoms. The zero-order valence-corrected chi connectivity index (χ0v) is 27.2. The second-order valence-electron chi connectivity index (χ2n) is 11.8. The zero-order valence-electron chi connectivity index (χ0n) is 27.2. The summed E-state index contributed by atoms with van der Waals surface area (Å²) in [4.78, 5) is 41.1. The Morgan fingerprint density at radius 1 is 1.10 bits per heavy atom. The van der Waals surface area contributed by atoms with Crippen LogP contribution in [-0.2, 0) is 9.59 Å². The van der Waals surface area contributed by atoms with Crippen LogP contribution in [0, 0.1) is 28.1 Å². The number of amides is 2. The fourth-order valence-electron chi connectivity index (χ4n) is 5.98. The molecule has 12 nitrogen and oxygen atoms in total. The summed E-state index contributed by atoms with van der Waals surface area (Å²) in [6, 6.07) is 19.8. The van der Waals surface area contributed by atoms with E-state index in [2.05, 4.69) is 27.4 Å². The Kier molecular flexibility index (Phi) is 10.7. The SMILES string of the molecule is CCN(C(=O)[C@@H]1CCN(CC(=O)N2CC=C(c3ccc(C(=N)/N=C\NC)cc3)CC2)C1)c1ccc(N)c(C(=N)c2ccc(C#N)cc2)n1. The van der Waals surface area contributed by atoms with E-state index >= 15 is 0 Å². The number of benzene rings is 2. The molecule has 246 valence electrons. The van der Waals surface area contributed by atoms with Crippen molar-refractivity contribution in [2.45, 2.75) is 19.8 Å². The number of nitrogens with two attached hydrogens (primary N) is 1. The number of hydrogen-bond donors (Lipinski definition) is 4. The summed E-state index contributed by atoms with van der Waals surface area (Å²) in [6.07, 6.45) is 4.95. The van der Waals surface area contributed by atoms with Gasteiger partial charge in [-0.25, -0.2) is 9.98 Å². The van der Waals surface area contributed by atoms with Crippen LogP contribution in [0.2, 0.25) is 0 Å². The number of likely N-dealkylation sites (tertiary alicyclic amines) is 1. The number of nitrogens with one attached hydrogen (secondary N) is 3. The van der Waals surface area contributed by atoms with Crippen molar-refractivity contribution in [3.63, 3.8) is 0 Å². The molecule has 12 heteroatoms. The van der Waals surface area contributed by atoms with Crippen LogP contribution in [0.4, 0.5) is 11.5 Å². The molecule has 1 fully saturated rings. The molecule has 0 aliphatic carbocycles. The van der Waals surface area contributed by atoms with Gasteiger partial charge < -0.3 is 16.0 Å². The first-order chi connectivity index (χ1) is 23.2. The molecule has 5 rings (SSSR count). The molecule has 0 saturated carbocycles. The first-order valence-corrected chi connectivity index (χ1v) is 16.0. The number of pyridine rings is 1. The van der Waals surface area contributed by atoms with E-state index in [0.29, 0.717) is 61.8 Å². The Bertz CT molecular complexity index is 1790. The third-order valence-electron chi connectivity index (χ3n) is 8.70. The van der Waals surface area contributed by atoms with Crippen LogP contribution >= 0.6 is 0 Å². The molecule has 0 unspecified atom stereocenters. The number of hydrogen-bond acceptors (Lipinski definition) is 8. The molecule has 0 bridgehead atoms. The second kappa shape index (κ2) is 15.3. The van der Waals surface area contributed by atoms with E-state index in [-0.39, 0.29) is 41.5 Å². The molecule has 2 aliphatic heterocycles. The van der Waals surface area contributed by atoms with Crippen molar-refractivity contribution in [1.82, 2.24) is 20.1 Å². The zero-order chi connectivity index (χ0) is 34.2. The Balaban J connectivity index is 1.16. The number of anilines is 2. The summed E-state index contributed by atoms with van der Waals surface area (Å²) < 4.78 is 0. The van der Waals surface area contributed by atoms with Crippen molar-refractivity contribution >= 4 is 46.8 Å². The number of carbonyl (C=O) groups excluding carboxylic acids is 2. The smallest absolute Gasteiger partial charge is 0.237 e. The normalized spacial score (nSPS) is 16.3. The van der Waals surface area contributed by atoms with Gasteiger partial charge in [-0.1, -0.05) is 42.5 Å².